The van der Waals surface area contributed by atoms with Crippen molar-refractivity contribution in [3.05, 3.63) is 151 Å². The van der Waals surface area contributed by atoms with Gasteiger partial charge in [-0.2, -0.15) is 15.0 Å². The SMILES string of the molecule is c1ccc2c(c1)N(c1nc(-c3ccc4ccccc4c3)nc(-n3c4ccccc4c4ccccc43)n1)c1ccccc1C21C2CC3CC(C2)CC1C3. The Bertz CT molecular complexity index is 2610. The van der Waals surface area contributed by atoms with Gasteiger partial charge in [0.25, 0.3) is 0 Å². The fourth-order valence-corrected chi connectivity index (χ4v) is 11.5. The van der Waals surface area contributed by atoms with Gasteiger partial charge < -0.3 is 0 Å². The molecule has 0 saturated heterocycles. The number of nitrogens with zero attached hydrogens (tertiary/aromatic N) is 5. The van der Waals surface area contributed by atoms with E-state index in [9.17, 15) is 0 Å². The summed E-state index contributed by atoms with van der Waals surface area (Å²) in [5.41, 5.74) is 8.47. The molecule has 5 aliphatic rings. The van der Waals surface area contributed by atoms with Crippen LogP contribution in [0.2, 0.25) is 0 Å². The standard InChI is InChI=1S/C47H37N5/c1-2-12-32-28-33(22-21-31(32)11-1)44-48-45(51-40-17-7-3-13-36(40)37-14-4-8-18-41(37)51)50-46(49-44)52-42-19-9-5-15-38(42)47(39-16-6-10-20-43(39)52)34-24-29-23-30(26-34)27-35(47)25-29/h1-22,28-30,34-35H,23-27H2. The first kappa shape index (κ1) is 28.8. The van der Waals surface area contributed by atoms with Gasteiger partial charge in [0.2, 0.25) is 11.9 Å². The molecule has 0 amide bonds. The van der Waals surface area contributed by atoms with E-state index in [-0.39, 0.29) is 5.41 Å². The molecule has 3 heterocycles. The fourth-order valence-electron chi connectivity index (χ4n) is 11.5. The highest BCUT2D eigenvalue weighted by Crippen LogP contribution is 2.69. The summed E-state index contributed by atoms with van der Waals surface area (Å²) in [6.45, 7) is 0. The van der Waals surface area contributed by atoms with Crippen molar-refractivity contribution < 1.29 is 0 Å². The zero-order chi connectivity index (χ0) is 34.0. The van der Waals surface area contributed by atoms with Crippen molar-refractivity contribution in [2.24, 2.45) is 23.7 Å². The van der Waals surface area contributed by atoms with Gasteiger partial charge in [-0.1, -0.05) is 109 Å². The second kappa shape index (κ2) is 10.6. The van der Waals surface area contributed by atoms with Crippen LogP contribution in [0.15, 0.2) is 140 Å². The van der Waals surface area contributed by atoms with Crippen LogP contribution in [0.5, 0.6) is 0 Å². The number of benzene rings is 6. The van der Waals surface area contributed by atoms with Gasteiger partial charge in [0, 0.05) is 21.8 Å². The minimum Gasteiger partial charge on any atom is -0.278 e. The lowest BCUT2D eigenvalue weighted by Gasteiger charge is -2.64. The van der Waals surface area contributed by atoms with E-state index in [1.165, 1.54) is 70.8 Å². The first-order valence-corrected chi connectivity index (χ1v) is 19.0. The molecule has 250 valence electrons. The number of hydrogen-bond acceptors (Lipinski definition) is 4. The van der Waals surface area contributed by atoms with Gasteiger partial charge in [-0.3, -0.25) is 9.47 Å². The second-order valence-electron chi connectivity index (χ2n) is 15.7. The van der Waals surface area contributed by atoms with Crippen molar-refractivity contribution in [1.29, 1.82) is 0 Å². The van der Waals surface area contributed by atoms with Crippen molar-refractivity contribution in [2.75, 3.05) is 4.90 Å². The van der Waals surface area contributed by atoms with Gasteiger partial charge in [0.15, 0.2) is 5.82 Å². The summed E-state index contributed by atoms with van der Waals surface area (Å²) in [7, 11) is 0. The third-order valence-corrected chi connectivity index (χ3v) is 13.2. The van der Waals surface area contributed by atoms with Gasteiger partial charge in [0.05, 0.1) is 22.4 Å². The van der Waals surface area contributed by atoms with Crippen LogP contribution in [0.3, 0.4) is 0 Å². The molecular formula is C47H37N5. The summed E-state index contributed by atoms with van der Waals surface area (Å²) in [6, 6.07) is 50.6. The first-order valence-electron chi connectivity index (χ1n) is 19.0. The van der Waals surface area contributed by atoms with Gasteiger partial charge >= 0.3 is 0 Å². The minimum atomic E-state index is 0.0149. The monoisotopic (exact) mass is 671 g/mol. The predicted octanol–water partition coefficient (Wildman–Crippen LogP) is 11.3. The molecule has 1 spiro atoms. The molecule has 1 aliphatic heterocycles. The third kappa shape index (κ3) is 3.86. The molecule has 4 bridgehead atoms. The Morgan fingerprint density at radius 3 is 1.67 bits per heavy atom. The quantitative estimate of drug-likeness (QED) is 0.188. The van der Waals surface area contributed by atoms with Crippen LogP contribution in [0.4, 0.5) is 17.3 Å². The minimum absolute atomic E-state index is 0.0149. The number of hydrogen-bond donors (Lipinski definition) is 0. The van der Waals surface area contributed by atoms with Crippen molar-refractivity contribution in [3.8, 4) is 17.3 Å². The topological polar surface area (TPSA) is 46.8 Å². The fraction of sp³-hybridized carbons (Fsp3) is 0.213. The van der Waals surface area contributed by atoms with E-state index >= 15 is 0 Å². The van der Waals surface area contributed by atoms with E-state index in [0.29, 0.717) is 29.6 Å². The molecule has 8 aromatic rings. The molecule has 0 N–H and O–H groups in total. The van der Waals surface area contributed by atoms with Crippen LogP contribution in [-0.2, 0) is 5.41 Å². The van der Waals surface area contributed by atoms with Crippen LogP contribution in [0.1, 0.15) is 43.2 Å². The highest BCUT2D eigenvalue weighted by molar-refractivity contribution is 6.09. The molecule has 5 heteroatoms. The smallest absolute Gasteiger partial charge is 0.240 e. The zero-order valence-corrected chi connectivity index (χ0v) is 28.9. The van der Waals surface area contributed by atoms with E-state index in [1.807, 2.05) is 0 Å². The summed E-state index contributed by atoms with van der Waals surface area (Å²) in [5, 5.41) is 4.73. The molecular weight excluding hydrogens is 635 g/mol. The van der Waals surface area contributed by atoms with Crippen LogP contribution in [0.25, 0.3) is 49.9 Å². The highest BCUT2D eigenvalue weighted by atomic mass is 15.3. The molecule has 2 aromatic heterocycles. The van der Waals surface area contributed by atoms with Crippen LogP contribution in [0, 0.1) is 23.7 Å². The van der Waals surface area contributed by atoms with Crippen molar-refractivity contribution in [2.45, 2.75) is 37.5 Å². The van der Waals surface area contributed by atoms with Crippen molar-refractivity contribution in [3.63, 3.8) is 0 Å². The lowest BCUT2D eigenvalue weighted by Crippen LogP contribution is -2.57. The number of aromatic nitrogens is 4. The molecule has 4 fully saturated rings. The average Bonchev–Trinajstić information content (AvgIpc) is 3.53. The number of anilines is 3. The Kier molecular flexibility index (Phi) is 5.89. The molecule has 6 aromatic carbocycles. The molecule has 4 aliphatic carbocycles. The lowest BCUT2D eigenvalue weighted by atomic mass is 9.41. The zero-order valence-electron chi connectivity index (χ0n) is 28.9. The summed E-state index contributed by atoms with van der Waals surface area (Å²) < 4.78 is 2.22. The predicted molar refractivity (Wildman–Crippen MR) is 210 cm³/mol. The van der Waals surface area contributed by atoms with Gasteiger partial charge in [0.1, 0.15) is 0 Å². The first-order chi connectivity index (χ1) is 25.7. The number of rotatable bonds is 3. The van der Waals surface area contributed by atoms with E-state index in [4.69, 9.17) is 15.0 Å². The molecule has 52 heavy (non-hydrogen) atoms. The summed E-state index contributed by atoms with van der Waals surface area (Å²) >= 11 is 0. The van der Waals surface area contributed by atoms with Gasteiger partial charge in [-0.15, -0.1) is 0 Å². The average molecular weight is 672 g/mol. The number of fused-ring (bicyclic) bond motifs is 6. The molecule has 5 nitrogen and oxygen atoms in total. The van der Waals surface area contributed by atoms with Crippen LogP contribution in [-0.4, -0.2) is 19.5 Å². The maximum atomic E-state index is 5.48. The van der Waals surface area contributed by atoms with E-state index in [0.717, 1.165) is 33.8 Å². The Hall–Kier alpha value is -5.81. The Morgan fingerprint density at radius 1 is 0.481 bits per heavy atom. The highest BCUT2D eigenvalue weighted by Gasteiger charge is 2.61. The lowest BCUT2D eigenvalue weighted by molar-refractivity contribution is -0.0419. The third-order valence-electron chi connectivity index (χ3n) is 13.2. The van der Waals surface area contributed by atoms with E-state index < -0.39 is 0 Å². The van der Waals surface area contributed by atoms with Crippen LogP contribution < -0.4 is 4.90 Å². The summed E-state index contributed by atoms with van der Waals surface area (Å²) in [6.07, 6.45) is 6.79. The Labute approximate surface area is 302 Å². The molecule has 13 rings (SSSR count). The van der Waals surface area contributed by atoms with Crippen molar-refractivity contribution >= 4 is 49.9 Å². The second-order valence-corrected chi connectivity index (χ2v) is 15.7. The van der Waals surface area contributed by atoms with E-state index in [2.05, 4.69) is 149 Å². The van der Waals surface area contributed by atoms with E-state index in [1.54, 1.807) is 0 Å². The molecule has 0 unspecified atom stereocenters. The number of para-hydroxylation sites is 4. The molecule has 0 atom stereocenters. The van der Waals surface area contributed by atoms with Crippen molar-refractivity contribution in [1.82, 2.24) is 19.5 Å². The molecule has 4 saturated carbocycles. The maximum Gasteiger partial charge on any atom is 0.240 e. The Balaban J connectivity index is 1.14. The Morgan fingerprint density at radius 2 is 1.02 bits per heavy atom. The molecule has 0 radical (unpaired) electrons. The van der Waals surface area contributed by atoms with Gasteiger partial charge in [-0.05, 0) is 108 Å². The normalized spacial score (nSPS) is 22.3. The summed E-state index contributed by atoms with van der Waals surface area (Å²) in [5.74, 6) is 5.02. The van der Waals surface area contributed by atoms with Gasteiger partial charge in [-0.25, -0.2) is 0 Å². The summed E-state index contributed by atoms with van der Waals surface area (Å²) in [4.78, 5) is 18.6. The maximum absolute atomic E-state index is 5.48. The van der Waals surface area contributed by atoms with Crippen LogP contribution >= 0.6 is 0 Å². The largest absolute Gasteiger partial charge is 0.278 e.